The number of nitriles is 1. The van der Waals surface area contributed by atoms with E-state index in [4.69, 9.17) is 19.5 Å². The molecule has 0 fully saturated rings. The fraction of sp³-hybridized carbons (Fsp3) is 0.211. The first-order chi connectivity index (χ1) is 11.6. The van der Waals surface area contributed by atoms with Crippen LogP contribution in [-0.4, -0.2) is 25.9 Å². The number of methoxy groups -OCH3 is 2. The van der Waals surface area contributed by atoms with Gasteiger partial charge in [-0.1, -0.05) is 12.1 Å². The van der Waals surface area contributed by atoms with E-state index in [9.17, 15) is 5.11 Å². The highest BCUT2D eigenvalue weighted by Gasteiger charge is 2.12. The van der Waals surface area contributed by atoms with Gasteiger partial charge in [-0.2, -0.15) is 5.26 Å². The molecule has 0 saturated heterocycles. The summed E-state index contributed by atoms with van der Waals surface area (Å²) in [6.45, 7) is 2.39. The molecule has 0 unspecified atom stereocenters. The van der Waals surface area contributed by atoms with E-state index in [1.54, 1.807) is 31.4 Å². The molecule has 0 saturated carbocycles. The maximum absolute atomic E-state index is 10.00. The Morgan fingerprint density at radius 2 is 1.67 bits per heavy atom. The smallest absolute Gasteiger partial charge is 0.161 e. The van der Waals surface area contributed by atoms with E-state index in [-0.39, 0.29) is 5.75 Å². The van der Waals surface area contributed by atoms with E-state index in [1.165, 1.54) is 13.2 Å². The van der Waals surface area contributed by atoms with Crippen molar-refractivity contribution in [2.24, 2.45) is 0 Å². The van der Waals surface area contributed by atoms with E-state index in [1.807, 2.05) is 25.1 Å². The molecule has 1 N–H and O–H groups in total. The summed E-state index contributed by atoms with van der Waals surface area (Å²) in [6, 6.07) is 12.5. The molecule has 2 rings (SSSR count). The van der Waals surface area contributed by atoms with Gasteiger partial charge in [0.1, 0.15) is 0 Å². The van der Waals surface area contributed by atoms with E-state index < -0.39 is 0 Å². The van der Waals surface area contributed by atoms with Gasteiger partial charge in [-0.25, -0.2) is 0 Å². The molecule has 2 aromatic rings. The van der Waals surface area contributed by atoms with Crippen LogP contribution in [0.25, 0.3) is 5.57 Å². The molecule has 0 radical (unpaired) electrons. The minimum atomic E-state index is 0.0115. The van der Waals surface area contributed by atoms with Gasteiger partial charge in [0.05, 0.1) is 26.9 Å². The summed E-state index contributed by atoms with van der Waals surface area (Å²) in [5.74, 6) is 1.60. The summed E-state index contributed by atoms with van der Waals surface area (Å²) < 4.78 is 15.9. The van der Waals surface area contributed by atoms with Gasteiger partial charge < -0.3 is 19.3 Å². The SMILES string of the molecule is CCOc1cc(/C(=C\C#N)c2ccc(OC)c(O)c2)ccc1OC. The lowest BCUT2D eigenvalue weighted by molar-refractivity contribution is 0.311. The first-order valence-electron chi connectivity index (χ1n) is 7.43. The molecule has 0 aliphatic rings. The van der Waals surface area contributed by atoms with Crippen molar-refractivity contribution in [3.05, 3.63) is 53.6 Å². The number of hydrogen-bond donors (Lipinski definition) is 1. The maximum Gasteiger partial charge on any atom is 0.161 e. The second-order valence-corrected chi connectivity index (χ2v) is 4.87. The van der Waals surface area contributed by atoms with Gasteiger partial charge >= 0.3 is 0 Å². The van der Waals surface area contributed by atoms with Crippen molar-refractivity contribution in [3.63, 3.8) is 0 Å². The molecule has 24 heavy (non-hydrogen) atoms. The van der Waals surface area contributed by atoms with Crippen molar-refractivity contribution >= 4 is 5.57 Å². The predicted octanol–water partition coefficient (Wildman–Crippen LogP) is 3.76. The van der Waals surface area contributed by atoms with Gasteiger partial charge in [0, 0.05) is 6.08 Å². The summed E-state index contributed by atoms with van der Waals surface area (Å²) in [5, 5.41) is 19.1. The van der Waals surface area contributed by atoms with Crippen molar-refractivity contribution in [2.45, 2.75) is 6.92 Å². The molecule has 124 valence electrons. The first kappa shape index (κ1) is 17.2. The van der Waals surface area contributed by atoms with Crippen LogP contribution < -0.4 is 14.2 Å². The number of aromatic hydroxyl groups is 1. The van der Waals surface area contributed by atoms with Crippen LogP contribution in [0.2, 0.25) is 0 Å². The van der Waals surface area contributed by atoms with Crippen LogP contribution in [-0.2, 0) is 0 Å². The Bertz CT molecular complexity index is 790. The molecule has 0 aliphatic carbocycles. The van der Waals surface area contributed by atoms with Crippen LogP contribution in [0.4, 0.5) is 0 Å². The number of ether oxygens (including phenoxy) is 3. The highest BCUT2D eigenvalue weighted by Crippen LogP contribution is 2.35. The zero-order chi connectivity index (χ0) is 17.5. The van der Waals surface area contributed by atoms with Crippen molar-refractivity contribution in [2.75, 3.05) is 20.8 Å². The average Bonchev–Trinajstić information content (AvgIpc) is 2.60. The molecule has 0 heterocycles. The van der Waals surface area contributed by atoms with Gasteiger partial charge in [0.15, 0.2) is 23.0 Å². The third-order valence-electron chi connectivity index (χ3n) is 3.47. The zero-order valence-corrected chi connectivity index (χ0v) is 13.9. The number of hydrogen-bond acceptors (Lipinski definition) is 5. The van der Waals surface area contributed by atoms with Crippen LogP contribution in [0, 0.1) is 11.3 Å². The molecule has 0 spiro atoms. The average molecular weight is 325 g/mol. The number of phenolic OH excluding ortho intramolecular Hbond substituents is 1. The summed E-state index contributed by atoms with van der Waals surface area (Å²) in [6.07, 6.45) is 1.43. The third kappa shape index (κ3) is 3.61. The van der Waals surface area contributed by atoms with Gasteiger partial charge in [0.2, 0.25) is 0 Å². The summed E-state index contributed by atoms with van der Waals surface area (Å²) >= 11 is 0. The minimum Gasteiger partial charge on any atom is -0.504 e. The van der Waals surface area contributed by atoms with Gasteiger partial charge in [-0.05, 0) is 47.9 Å². The Balaban J connectivity index is 2.53. The number of phenols is 1. The predicted molar refractivity (Wildman–Crippen MR) is 91.5 cm³/mol. The van der Waals surface area contributed by atoms with Gasteiger partial charge in [-0.15, -0.1) is 0 Å². The maximum atomic E-state index is 10.00. The van der Waals surface area contributed by atoms with Gasteiger partial charge in [0.25, 0.3) is 0 Å². The van der Waals surface area contributed by atoms with Crippen LogP contribution >= 0.6 is 0 Å². The Morgan fingerprint density at radius 3 is 2.21 bits per heavy atom. The lowest BCUT2D eigenvalue weighted by Gasteiger charge is -2.14. The van der Waals surface area contributed by atoms with Crippen molar-refractivity contribution in [1.82, 2.24) is 0 Å². The van der Waals surface area contributed by atoms with E-state index in [0.717, 1.165) is 5.56 Å². The normalized spacial score (nSPS) is 10.8. The Hall–Kier alpha value is -3.13. The van der Waals surface area contributed by atoms with E-state index in [2.05, 4.69) is 0 Å². The largest absolute Gasteiger partial charge is 0.504 e. The molecule has 5 heteroatoms. The Labute approximate surface area is 141 Å². The zero-order valence-electron chi connectivity index (χ0n) is 13.9. The number of allylic oxidation sites excluding steroid dienone is 1. The molecule has 2 aromatic carbocycles. The summed E-state index contributed by atoms with van der Waals surface area (Å²) in [5.41, 5.74) is 2.15. The summed E-state index contributed by atoms with van der Waals surface area (Å²) in [4.78, 5) is 0. The quantitative estimate of drug-likeness (QED) is 0.819. The fourth-order valence-electron chi connectivity index (χ4n) is 2.37. The number of nitrogens with zero attached hydrogens (tertiary/aromatic N) is 1. The molecular weight excluding hydrogens is 306 g/mol. The highest BCUT2D eigenvalue weighted by molar-refractivity contribution is 5.83. The van der Waals surface area contributed by atoms with Crippen LogP contribution in [0.5, 0.6) is 23.0 Å². The van der Waals surface area contributed by atoms with Crippen molar-refractivity contribution in [1.29, 1.82) is 5.26 Å². The van der Waals surface area contributed by atoms with Crippen molar-refractivity contribution in [3.8, 4) is 29.1 Å². The molecule has 0 atom stereocenters. The van der Waals surface area contributed by atoms with E-state index >= 15 is 0 Å². The molecule has 5 nitrogen and oxygen atoms in total. The van der Waals surface area contributed by atoms with Crippen LogP contribution in [0.15, 0.2) is 42.5 Å². The van der Waals surface area contributed by atoms with E-state index in [0.29, 0.717) is 35.0 Å². The standard InChI is InChI=1S/C19H19NO4/c1-4-24-19-12-14(6-8-18(19)23-3)15(9-10-20)13-5-7-17(22-2)16(21)11-13/h5-9,11-12,21H,4H2,1-3H3/b15-9-. The molecule has 0 amide bonds. The van der Waals surface area contributed by atoms with Gasteiger partial charge in [-0.3, -0.25) is 0 Å². The fourth-order valence-corrected chi connectivity index (χ4v) is 2.37. The third-order valence-corrected chi connectivity index (χ3v) is 3.47. The highest BCUT2D eigenvalue weighted by atomic mass is 16.5. The first-order valence-corrected chi connectivity index (χ1v) is 7.43. The van der Waals surface area contributed by atoms with Crippen molar-refractivity contribution < 1.29 is 19.3 Å². The molecular formula is C19H19NO4. The second kappa shape index (κ2) is 7.93. The molecule has 0 aromatic heterocycles. The molecule has 0 aliphatic heterocycles. The Kier molecular flexibility index (Phi) is 5.69. The monoisotopic (exact) mass is 325 g/mol. The van der Waals surface area contributed by atoms with Crippen LogP contribution in [0.1, 0.15) is 18.1 Å². The lowest BCUT2D eigenvalue weighted by Crippen LogP contribution is -1.97. The second-order valence-electron chi connectivity index (χ2n) is 4.87. The summed E-state index contributed by atoms with van der Waals surface area (Å²) in [7, 11) is 3.06. The van der Waals surface area contributed by atoms with Crippen LogP contribution in [0.3, 0.4) is 0 Å². The minimum absolute atomic E-state index is 0.0115. The number of benzene rings is 2. The number of rotatable bonds is 6. The Morgan fingerprint density at radius 1 is 1.04 bits per heavy atom. The lowest BCUT2D eigenvalue weighted by atomic mass is 9.97. The molecule has 0 bridgehead atoms. The topological polar surface area (TPSA) is 71.7 Å².